The first-order valence-electron chi connectivity index (χ1n) is 14.1. The summed E-state index contributed by atoms with van der Waals surface area (Å²) in [4.78, 5) is 22.6. The van der Waals surface area contributed by atoms with Crippen LogP contribution >= 0.6 is 0 Å². The molecule has 0 radical (unpaired) electrons. The molecule has 0 bridgehead atoms. The molecule has 1 atom stereocenters. The maximum Gasteiger partial charge on any atom is 0.220 e. The number of nitrogens with two attached hydrogens (primary N) is 1. The molecule has 0 heterocycles. The van der Waals surface area contributed by atoms with Gasteiger partial charge in [0.05, 0.1) is 13.2 Å². The fourth-order valence-corrected chi connectivity index (χ4v) is 4.82. The lowest BCUT2D eigenvalue weighted by Gasteiger charge is -2.19. The van der Waals surface area contributed by atoms with Gasteiger partial charge in [0.25, 0.3) is 0 Å². The number of ether oxygens (including phenoxy) is 2. The normalized spacial score (nSPS) is 14.5. The van der Waals surface area contributed by atoms with Crippen LogP contribution < -0.4 is 21.1 Å². The van der Waals surface area contributed by atoms with Gasteiger partial charge in [-0.25, -0.2) is 4.39 Å². The number of primary amides is 1. The van der Waals surface area contributed by atoms with Crippen molar-refractivity contribution < 1.29 is 23.5 Å². The predicted molar refractivity (Wildman–Crippen MR) is 151 cm³/mol. The SMILES string of the molecule is CCc1cccc(C2(NCCCCc3cc(F)cc(OCC(CCNC(=O)CCC(N)=O)COC)c3)CC2)c1. The lowest BCUT2D eigenvalue weighted by molar-refractivity contribution is -0.125. The molecule has 0 spiro atoms. The number of aryl methyl sites for hydroxylation is 2. The molecule has 3 rings (SSSR count). The number of benzene rings is 2. The van der Waals surface area contributed by atoms with Crippen LogP contribution in [-0.4, -0.2) is 45.2 Å². The van der Waals surface area contributed by atoms with Crippen LogP contribution in [0.25, 0.3) is 0 Å². The average molecular weight is 542 g/mol. The average Bonchev–Trinajstić information content (AvgIpc) is 3.71. The summed E-state index contributed by atoms with van der Waals surface area (Å²) in [6.45, 7) is 4.36. The predicted octanol–water partition coefficient (Wildman–Crippen LogP) is 4.40. The lowest BCUT2D eigenvalue weighted by atomic mass is 10.0. The van der Waals surface area contributed by atoms with E-state index in [4.69, 9.17) is 15.2 Å². The summed E-state index contributed by atoms with van der Waals surface area (Å²) in [7, 11) is 1.61. The van der Waals surface area contributed by atoms with E-state index >= 15 is 0 Å². The number of carbonyl (C=O) groups is 2. The second-order valence-corrected chi connectivity index (χ2v) is 10.6. The molecule has 214 valence electrons. The van der Waals surface area contributed by atoms with Crippen molar-refractivity contribution in [2.24, 2.45) is 11.7 Å². The van der Waals surface area contributed by atoms with Crippen molar-refractivity contribution in [3.8, 4) is 5.75 Å². The number of hydrogen-bond donors (Lipinski definition) is 3. The molecule has 0 aliphatic heterocycles. The maximum absolute atomic E-state index is 14.3. The van der Waals surface area contributed by atoms with Gasteiger partial charge in [-0.15, -0.1) is 0 Å². The molecular weight excluding hydrogens is 497 g/mol. The van der Waals surface area contributed by atoms with Crippen molar-refractivity contribution in [3.63, 3.8) is 0 Å². The highest BCUT2D eigenvalue weighted by atomic mass is 19.1. The van der Waals surface area contributed by atoms with Crippen LogP contribution in [0, 0.1) is 11.7 Å². The molecule has 7 nitrogen and oxygen atoms in total. The van der Waals surface area contributed by atoms with Gasteiger partial charge < -0.3 is 25.8 Å². The minimum absolute atomic E-state index is 0.0250. The molecule has 0 saturated heterocycles. The number of carbonyl (C=O) groups excluding carboxylic acids is 2. The third-order valence-corrected chi connectivity index (χ3v) is 7.29. The van der Waals surface area contributed by atoms with Crippen LogP contribution in [0.5, 0.6) is 5.75 Å². The first kappa shape index (κ1) is 30.6. The first-order chi connectivity index (χ1) is 18.8. The largest absolute Gasteiger partial charge is 0.493 e. The highest BCUT2D eigenvalue weighted by Gasteiger charge is 2.43. The van der Waals surface area contributed by atoms with Crippen molar-refractivity contribution in [2.45, 2.75) is 70.3 Å². The maximum atomic E-state index is 14.3. The van der Waals surface area contributed by atoms with E-state index in [1.807, 2.05) is 6.07 Å². The van der Waals surface area contributed by atoms with E-state index in [1.54, 1.807) is 13.2 Å². The molecule has 1 fully saturated rings. The molecule has 0 aromatic heterocycles. The summed E-state index contributed by atoms with van der Waals surface area (Å²) in [6.07, 6.45) is 6.91. The van der Waals surface area contributed by atoms with E-state index < -0.39 is 5.91 Å². The monoisotopic (exact) mass is 541 g/mol. The number of rotatable bonds is 19. The van der Waals surface area contributed by atoms with E-state index in [2.05, 4.69) is 41.8 Å². The molecule has 39 heavy (non-hydrogen) atoms. The van der Waals surface area contributed by atoms with Crippen LogP contribution in [0.1, 0.15) is 68.6 Å². The summed E-state index contributed by atoms with van der Waals surface area (Å²) in [5.41, 5.74) is 8.91. The molecule has 1 unspecified atom stereocenters. The Kier molecular flexibility index (Phi) is 12.2. The van der Waals surface area contributed by atoms with E-state index in [0.29, 0.717) is 31.9 Å². The molecule has 2 aromatic rings. The number of hydrogen-bond acceptors (Lipinski definition) is 5. The smallest absolute Gasteiger partial charge is 0.220 e. The molecule has 2 amide bonds. The number of nitrogens with one attached hydrogen (secondary N) is 2. The molecular formula is C31H44FN3O4. The minimum Gasteiger partial charge on any atom is -0.493 e. The highest BCUT2D eigenvalue weighted by molar-refractivity contribution is 5.82. The molecule has 1 saturated carbocycles. The summed E-state index contributed by atoms with van der Waals surface area (Å²) in [6, 6.07) is 13.8. The van der Waals surface area contributed by atoms with Crippen LogP contribution in [0.2, 0.25) is 0 Å². The van der Waals surface area contributed by atoms with Crippen LogP contribution in [0.3, 0.4) is 0 Å². The molecule has 4 N–H and O–H groups in total. The van der Waals surface area contributed by atoms with E-state index in [-0.39, 0.29) is 36.0 Å². The lowest BCUT2D eigenvalue weighted by Crippen LogP contribution is -2.30. The summed E-state index contributed by atoms with van der Waals surface area (Å²) < 4.78 is 25.5. The van der Waals surface area contributed by atoms with Crippen molar-refractivity contribution in [3.05, 3.63) is 65.0 Å². The van der Waals surface area contributed by atoms with Gasteiger partial charge in [0.1, 0.15) is 11.6 Å². The number of unbranched alkanes of at least 4 members (excludes halogenated alkanes) is 1. The molecule has 2 aromatic carbocycles. The zero-order valence-corrected chi connectivity index (χ0v) is 23.4. The van der Waals surface area contributed by atoms with Crippen molar-refractivity contribution in [2.75, 3.05) is 33.4 Å². The zero-order chi connectivity index (χ0) is 28.1. The van der Waals surface area contributed by atoms with Gasteiger partial charge in [0.2, 0.25) is 11.8 Å². The van der Waals surface area contributed by atoms with E-state index in [0.717, 1.165) is 37.8 Å². The Morgan fingerprint density at radius 1 is 1.05 bits per heavy atom. The van der Waals surface area contributed by atoms with E-state index in [1.165, 1.54) is 30.0 Å². The first-order valence-corrected chi connectivity index (χ1v) is 14.1. The Morgan fingerprint density at radius 3 is 2.59 bits per heavy atom. The van der Waals surface area contributed by atoms with Crippen molar-refractivity contribution in [1.29, 1.82) is 0 Å². The second kappa shape index (κ2) is 15.6. The fourth-order valence-electron chi connectivity index (χ4n) is 4.82. The van der Waals surface area contributed by atoms with Crippen LogP contribution in [0.4, 0.5) is 4.39 Å². The third-order valence-electron chi connectivity index (χ3n) is 7.29. The van der Waals surface area contributed by atoms with E-state index in [9.17, 15) is 14.0 Å². The van der Waals surface area contributed by atoms with Gasteiger partial charge in [-0.3, -0.25) is 9.59 Å². The quantitative estimate of drug-likeness (QED) is 0.229. The van der Waals surface area contributed by atoms with Gasteiger partial charge in [-0.05, 0) is 80.3 Å². The Morgan fingerprint density at radius 2 is 1.87 bits per heavy atom. The van der Waals surface area contributed by atoms with Crippen molar-refractivity contribution >= 4 is 11.8 Å². The number of amides is 2. The minimum atomic E-state index is -0.498. The van der Waals surface area contributed by atoms with Crippen LogP contribution in [-0.2, 0) is 32.7 Å². The van der Waals surface area contributed by atoms with Crippen LogP contribution in [0.15, 0.2) is 42.5 Å². The van der Waals surface area contributed by atoms with Gasteiger partial charge in [-0.2, -0.15) is 0 Å². The summed E-state index contributed by atoms with van der Waals surface area (Å²) in [5, 5.41) is 6.55. The van der Waals surface area contributed by atoms with Gasteiger partial charge in [0, 0.05) is 44.0 Å². The highest BCUT2D eigenvalue weighted by Crippen LogP contribution is 2.45. The molecule has 1 aliphatic carbocycles. The third kappa shape index (κ3) is 10.6. The summed E-state index contributed by atoms with van der Waals surface area (Å²) >= 11 is 0. The Balaban J connectivity index is 1.40. The topological polar surface area (TPSA) is 103 Å². The molecule has 1 aliphatic rings. The van der Waals surface area contributed by atoms with Gasteiger partial charge in [0.15, 0.2) is 0 Å². The zero-order valence-electron chi connectivity index (χ0n) is 23.4. The number of methoxy groups -OCH3 is 1. The Hall–Kier alpha value is -2.97. The fraction of sp³-hybridized carbons (Fsp3) is 0.548. The van der Waals surface area contributed by atoms with Gasteiger partial charge >= 0.3 is 0 Å². The van der Waals surface area contributed by atoms with Gasteiger partial charge in [-0.1, -0.05) is 31.2 Å². The Bertz CT molecular complexity index is 1070. The second-order valence-electron chi connectivity index (χ2n) is 10.6. The Labute approximate surface area is 232 Å². The standard InChI is InChI=1S/C31H44FN3O4/c1-3-23-8-6-9-26(17-23)31(13-14-31)35-15-5-4-7-24-18-27(32)20-28(19-24)39-22-25(21-38-2)12-16-34-30(37)11-10-29(33)36/h6,8-9,17-20,25,35H,3-5,7,10-16,21-22H2,1-2H3,(H2,33,36)(H,34,37). The summed E-state index contributed by atoms with van der Waals surface area (Å²) in [5.74, 6) is -0.492. The number of halogens is 1. The molecule has 8 heteroatoms. The van der Waals surface area contributed by atoms with Crippen molar-refractivity contribution in [1.82, 2.24) is 10.6 Å².